The van der Waals surface area contributed by atoms with Crippen molar-refractivity contribution in [2.75, 3.05) is 18.0 Å². The van der Waals surface area contributed by atoms with E-state index in [1.165, 1.54) is 24.9 Å². The fourth-order valence-corrected chi connectivity index (χ4v) is 4.00. The Hall–Kier alpha value is -2.51. The van der Waals surface area contributed by atoms with E-state index in [-0.39, 0.29) is 5.57 Å². The summed E-state index contributed by atoms with van der Waals surface area (Å²) in [5.41, 5.74) is 3.40. The molecule has 0 saturated carbocycles. The molecule has 3 rings (SSSR count). The fourth-order valence-electron chi connectivity index (χ4n) is 3.65. The number of carbonyl (C=O) groups is 1. The molecule has 0 amide bonds. The lowest BCUT2D eigenvalue weighted by Gasteiger charge is -2.28. The molecule has 0 radical (unpaired) electrons. The number of carboxylic acids is 1. The van der Waals surface area contributed by atoms with Gasteiger partial charge >= 0.3 is 5.97 Å². The molecule has 5 heteroatoms. The quantitative estimate of drug-likeness (QED) is 0.569. The van der Waals surface area contributed by atoms with E-state index in [1.807, 2.05) is 12.2 Å². The second-order valence-corrected chi connectivity index (χ2v) is 7.31. The zero-order valence-electron chi connectivity index (χ0n) is 15.2. The molecule has 0 aromatic heterocycles. The summed E-state index contributed by atoms with van der Waals surface area (Å²) in [7, 11) is 0. The van der Waals surface area contributed by atoms with Crippen LogP contribution in [0.5, 0.6) is 0 Å². The lowest BCUT2D eigenvalue weighted by atomic mass is 9.91. The lowest BCUT2D eigenvalue weighted by molar-refractivity contribution is -0.132. The first-order chi connectivity index (χ1) is 13.1. The minimum atomic E-state index is -1.22. The van der Waals surface area contributed by atoms with Gasteiger partial charge in [0.25, 0.3) is 0 Å². The summed E-state index contributed by atoms with van der Waals surface area (Å²) in [6.45, 7) is 2.25. The van der Waals surface area contributed by atoms with E-state index in [0.717, 1.165) is 37.1 Å². The summed E-state index contributed by atoms with van der Waals surface area (Å²) in [6, 6.07) is 10.2. The largest absolute Gasteiger partial charge is 0.477 e. The van der Waals surface area contributed by atoms with E-state index in [9.17, 15) is 9.90 Å². The predicted molar refractivity (Wildman–Crippen MR) is 109 cm³/mol. The molecule has 1 heterocycles. The maximum atomic E-state index is 11.2. The molecule has 27 heavy (non-hydrogen) atoms. The van der Waals surface area contributed by atoms with Crippen LogP contribution in [0, 0.1) is 11.3 Å². The van der Waals surface area contributed by atoms with Gasteiger partial charge in [-0.1, -0.05) is 35.9 Å². The topological polar surface area (TPSA) is 64.3 Å². The first kappa shape index (κ1) is 19.3. The van der Waals surface area contributed by atoms with Gasteiger partial charge in [-0.25, -0.2) is 4.79 Å². The van der Waals surface area contributed by atoms with Gasteiger partial charge in [-0.05, 0) is 67.4 Å². The summed E-state index contributed by atoms with van der Waals surface area (Å²) in [4.78, 5) is 13.7. The number of nitriles is 1. The van der Waals surface area contributed by atoms with Crippen molar-refractivity contribution < 1.29 is 9.90 Å². The van der Waals surface area contributed by atoms with Crippen LogP contribution in [0.4, 0.5) is 5.69 Å². The maximum Gasteiger partial charge on any atom is 0.346 e. The third-order valence-electron chi connectivity index (χ3n) is 5.14. The van der Waals surface area contributed by atoms with Gasteiger partial charge in [0.1, 0.15) is 11.6 Å². The number of carboxylic acid groups (broad SMARTS) is 1. The second kappa shape index (κ2) is 8.92. The molecule has 1 N–H and O–H groups in total. The first-order valence-electron chi connectivity index (χ1n) is 9.39. The highest BCUT2D eigenvalue weighted by Gasteiger charge is 2.21. The van der Waals surface area contributed by atoms with Gasteiger partial charge in [0, 0.05) is 23.8 Å². The van der Waals surface area contributed by atoms with E-state index in [0.29, 0.717) is 17.0 Å². The average molecular weight is 383 g/mol. The van der Waals surface area contributed by atoms with Gasteiger partial charge in [-0.3, -0.25) is 0 Å². The van der Waals surface area contributed by atoms with E-state index in [4.69, 9.17) is 16.9 Å². The zero-order valence-corrected chi connectivity index (χ0v) is 16.0. The summed E-state index contributed by atoms with van der Waals surface area (Å²) in [5, 5.41) is 18.7. The number of anilines is 1. The van der Waals surface area contributed by atoms with Crippen LogP contribution >= 0.6 is 11.6 Å². The molecule has 1 aromatic carbocycles. The zero-order chi connectivity index (χ0) is 19.2. The molecule has 0 unspecified atom stereocenters. The van der Waals surface area contributed by atoms with Crippen molar-refractivity contribution in [3.8, 4) is 6.07 Å². The highest BCUT2D eigenvalue weighted by molar-refractivity contribution is 6.33. The van der Waals surface area contributed by atoms with Crippen molar-refractivity contribution in [3.63, 3.8) is 0 Å². The maximum absolute atomic E-state index is 11.2. The molecule has 1 aliphatic heterocycles. The van der Waals surface area contributed by atoms with Crippen molar-refractivity contribution in [1.29, 1.82) is 5.26 Å². The number of nitrogens with zero attached hydrogens (tertiary/aromatic N) is 2. The minimum Gasteiger partial charge on any atom is -0.477 e. The van der Waals surface area contributed by atoms with Gasteiger partial charge < -0.3 is 10.0 Å². The van der Waals surface area contributed by atoms with Gasteiger partial charge in [-0.15, -0.1) is 0 Å². The van der Waals surface area contributed by atoms with Crippen LogP contribution in [0.2, 0.25) is 0 Å². The molecule has 1 aliphatic carbocycles. The molecule has 0 atom stereocenters. The summed E-state index contributed by atoms with van der Waals surface area (Å²) in [6.07, 6.45) is 9.85. The fraction of sp³-hybridized carbons (Fsp3) is 0.364. The minimum absolute atomic E-state index is 0.253. The molecule has 0 spiro atoms. The van der Waals surface area contributed by atoms with E-state index >= 15 is 0 Å². The normalized spacial score (nSPS) is 19.9. The van der Waals surface area contributed by atoms with Crippen LogP contribution in [0.3, 0.4) is 0 Å². The standard InChI is InChI=1S/C22H23ClN2O2/c23-21-17(5-4-6-19(21)20(15-24)22(26)27)10-7-16-8-11-18(12-9-16)25-13-2-1-3-14-25/h7-12H,1-6,13-14H2,(H,26,27). The van der Waals surface area contributed by atoms with E-state index in [2.05, 4.69) is 29.2 Å². The van der Waals surface area contributed by atoms with Crippen molar-refractivity contribution >= 4 is 29.3 Å². The Morgan fingerprint density at radius 3 is 2.41 bits per heavy atom. The van der Waals surface area contributed by atoms with Gasteiger partial charge in [0.05, 0.1) is 0 Å². The van der Waals surface area contributed by atoms with Crippen molar-refractivity contribution in [3.05, 3.63) is 57.7 Å². The van der Waals surface area contributed by atoms with Crippen LogP contribution in [0.1, 0.15) is 44.1 Å². The Balaban J connectivity index is 1.78. The Labute approximate surface area is 165 Å². The molecule has 1 saturated heterocycles. The number of benzene rings is 1. The number of aliphatic carboxylic acids is 1. The molecule has 140 valence electrons. The van der Waals surface area contributed by atoms with Crippen LogP contribution < -0.4 is 4.90 Å². The van der Waals surface area contributed by atoms with Crippen molar-refractivity contribution in [2.45, 2.75) is 38.5 Å². The van der Waals surface area contributed by atoms with Crippen LogP contribution in [0.15, 0.2) is 52.1 Å². The summed E-state index contributed by atoms with van der Waals surface area (Å²) in [5.74, 6) is -1.22. The highest BCUT2D eigenvalue weighted by Crippen LogP contribution is 2.35. The first-order valence-corrected chi connectivity index (χ1v) is 9.76. The number of halogens is 1. The average Bonchev–Trinajstić information content (AvgIpc) is 2.70. The monoisotopic (exact) mass is 382 g/mol. The Morgan fingerprint density at radius 2 is 1.78 bits per heavy atom. The van der Waals surface area contributed by atoms with E-state index < -0.39 is 5.97 Å². The Morgan fingerprint density at radius 1 is 1.07 bits per heavy atom. The number of hydrogen-bond acceptors (Lipinski definition) is 3. The van der Waals surface area contributed by atoms with Crippen LogP contribution in [0.25, 0.3) is 6.08 Å². The predicted octanol–water partition coefficient (Wildman–Crippen LogP) is 5.27. The van der Waals surface area contributed by atoms with Crippen LogP contribution in [-0.2, 0) is 4.79 Å². The number of hydrogen-bond donors (Lipinski definition) is 1. The van der Waals surface area contributed by atoms with Gasteiger partial charge in [0.15, 0.2) is 0 Å². The number of piperidine rings is 1. The summed E-state index contributed by atoms with van der Waals surface area (Å²) >= 11 is 6.41. The lowest BCUT2D eigenvalue weighted by Crippen LogP contribution is -2.29. The third-order valence-corrected chi connectivity index (χ3v) is 5.61. The molecular formula is C22H23ClN2O2. The van der Waals surface area contributed by atoms with Crippen molar-refractivity contribution in [1.82, 2.24) is 0 Å². The molecule has 2 aliphatic rings. The van der Waals surface area contributed by atoms with E-state index in [1.54, 1.807) is 6.07 Å². The van der Waals surface area contributed by atoms with Gasteiger partial charge in [0.2, 0.25) is 0 Å². The molecule has 1 fully saturated rings. The van der Waals surface area contributed by atoms with Crippen molar-refractivity contribution in [2.24, 2.45) is 0 Å². The summed E-state index contributed by atoms with van der Waals surface area (Å²) < 4.78 is 0. The Bertz CT molecular complexity index is 838. The number of allylic oxidation sites excluding steroid dienone is 4. The van der Waals surface area contributed by atoms with Crippen LogP contribution in [-0.4, -0.2) is 24.2 Å². The second-order valence-electron chi connectivity index (χ2n) is 6.94. The highest BCUT2D eigenvalue weighted by atomic mass is 35.5. The molecule has 0 bridgehead atoms. The van der Waals surface area contributed by atoms with Gasteiger partial charge in [-0.2, -0.15) is 5.26 Å². The molecular weight excluding hydrogens is 360 g/mol. The smallest absolute Gasteiger partial charge is 0.346 e. The molecule has 4 nitrogen and oxygen atoms in total. The number of rotatable bonds is 4. The SMILES string of the molecule is N#CC(C(=O)O)=C1CCCC(C=Cc2ccc(N3CCCCC3)cc2)=C1Cl. The third kappa shape index (κ3) is 4.61. The molecule has 1 aromatic rings. The Kier molecular flexibility index (Phi) is 6.36.